The lowest BCUT2D eigenvalue weighted by molar-refractivity contribution is -0.150. The number of carbonyl (C=O) groups is 2. The second kappa shape index (κ2) is 14.6. The van der Waals surface area contributed by atoms with E-state index < -0.39 is 12.0 Å². The Hall–Kier alpha value is -3.94. The minimum atomic E-state index is -1.04. The average molecular weight is 574 g/mol. The van der Waals surface area contributed by atoms with Crippen LogP contribution in [0.4, 0.5) is 0 Å². The van der Waals surface area contributed by atoms with Gasteiger partial charge in [-0.05, 0) is 28.7 Å². The van der Waals surface area contributed by atoms with Crippen LogP contribution in [0.15, 0.2) is 84.9 Å². The molecule has 0 saturated heterocycles. The summed E-state index contributed by atoms with van der Waals surface area (Å²) in [5.74, 6) is -0.447. The van der Waals surface area contributed by atoms with E-state index in [1.165, 1.54) is 4.90 Å². The standard InChI is InChI=1S/C33H36ClN3O4/c1-2-3-14-30-35-32(34)29(23-38)36(30)21-26-15-17-27(18-16-26)22-37(31(39)20-25-12-8-5-9-13-25)28(33(40)41)19-24-10-6-4-7-11-24/h4-13,15-18,28,38H,2-3,14,19-23H2,1H3,(H,40,41). The number of aliphatic hydroxyl groups is 1. The van der Waals surface area contributed by atoms with Crippen LogP contribution < -0.4 is 0 Å². The third-order valence-corrected chi connectivity index (χ3v) is 7.48. The monoisotopic (exact) mass is 573 g/mol. The summed E-state index contributed by atoms with van der Waals surface area (Å²) in [6.07, 6.45) is 3.08. The number of amides is 1. The number of aryl methyl sites for hydroxylation is 1. The molecule has 1 heterocycles. The minimum absolute atomic E-state index is 0.114. The zero-order chi connectivity index (χ0) is 29.2. The molecule has 0 spiro atoms. The maximum absolute atomic E-state index is 13.6. The van der Waals surface area contributed by atoms with Crippen LogP contribution >= 0.6 is 11.6 Å². The van der Waals surface area contributed by atoms with E-state index in [4.69, 9.17) is 11.6 Å². The lowest BCUT2D eigenvalue weighted by Gasteiger charge is -2.30. The zero-order valence-electron chi connectivity index (χ0n) is 23.2. The Morgan fingerprint density at radius 3 is 2.10 bits per heavy atom. The van der Waals surface area contributed by atoms with Crippen LogP contribution in [-0.4, -0.2) is 42.6 Å². The highest BCUT2D eigenvalue weighted by molar-refractivity contribution is 6.30. The Kier molecular flexibility index (Phi) is 10.7. The van der Waals surface area contributed by atoms with Gasteiger partial charge in [0.25, 0.3) is 0 Å². The summed E-state index contributed by atoms with van der Waals surface area (Å²) in [5.41, 5.74) is 4.08. The van der Waals surface area contributed by atoms with Gasteiger partial charge in [-0.1, -0.05) is 110 Å². The van der Waals surface area contributed by atoms with Gasteiger partial charge in [-0.3, -0.25) is 4.79 Å². The van der Waals surface area contributed by atoms with Crippen molar-refractivity contribution in [3.63, 3.8) is 0 Å². The molecule has 0 aliphatic heterocycles. The summed E-state index contributed by atoms with van der Waals surface area (Å²) >= 11 is 6.30. The molecule has 0 radical (unpaired) electrons. The van der Waals surface area contributed by atoms with Crippen molar-refractivity contribution in [1.29, 1.82) is 0 Å². The van der Waals surface area contributed by atoms with E-state index in [2.05, 4.69) is 11.9 Å². The van der Waals surface area contributed by atoms with Gasteiger partial charge in [0.1, 0.15) is 11.9 Å². The zero-order valence-corrected chi connectivity index (χ0v) is 24.0. The van der Waals surface area contributed by atoms with Gasteiger partial charge in [0.2, 0.25) is 5.91 Å². The highest BCUT2D eigenvalue weighted by Gasteiger charge is 2.30. The van der Waals surface area contributed by atoms with E-state index in [9.17, 15) is 19.8 Å². The normalized spacial score (nSPS) is 11.8. The van der Waals surface area contributed by atoms with Gasteiger partial charge in [0.15, 0.2) is 5.15 Å². The topological polar surface area (TPSA) is 95.7 Å². The van der Waals surface area contributed by atoms with Crippen molar-refractivity contribution in [3.05, 3.63) is 124 Å². The van der Waals surface area contributed by atoms with Crippen molar-refractivity contribution < 1.29 is 19.8 Å². The summed E-state index contributed by atoms with van der Waals surface area (Å²) < 4.78 is 1.96. The van der Waals surface area contributed by atoms with Crippen LogP contribution in [0.2, 0.25) is 5.15 Å². The molecule has 1 atom stereocenters. The first-order valence-electron chi connectivity index (χ1n) is 13.9. The first-order chi connectivity index (χ1) is 19.9. The number of imidazole rings is 1. The van der Waals surface area contributed by atoms with E-state index in [-0.39, 0.29) is 31.9 Å². The number of aromatic nitrogens is 2. The van der Waals surface area contributed by atoms with E-state index in [1.807, 2.05) is 89.5 Å². The molecule has 4 aromatic rings. The van der Waals surface area contributed by atoms with Crippen LogP contribution in [0.5, 0.6) is 0 Å². The number of carboxylic acids is 1. The van der Waals surface area contributed by atoms with Crippen molar-refractivity contribution in [1.82, 2.24) is 14.5 Å². The van der Waals surface area contributed by atoms with Gasteiger partial charge in [0.05, 0.1) is 18.7 Å². The first kappa shape index (κ1) is 30.0. The lowest BCUT2D eigenvalue weighted by Crippen LogP contribution is -2.46. The highest BCUT2D eigenvalue weighted by Crippen LogP contribution is 2.22. The number of aliphatic carboxylic acids is 1. The smallest absolute Gasteiger partial charge is 0.326 e. The quantitative estimate of drug-likeness (QED) is 0.202. The van der Waals surface area contributed by atoms with E-state index in [0.717, 1.165) is 47.3 Å². The van der Waals surface area contributed by atoms with Gasteiger partial charge in [-0.2, -0.15) is 0 Å². The third-order valence-electron chi connectivity index (χ3n) is 7.17. The number of unbranched alkanes of at least 4 members (excludes halogenated alkanes) is 1. The predicted molar refractivity (Wildman–Crippen MR) is 160 cm³/mol. The fraction of sp³-hybridized carbons (Fsp3) is 0.303. The van der Waals surface area contributed by atoms with E-state index in [1.54, 1.807) is 0 Å². The summed E-state index contributed by atoms with van der Waals surface area (Å²) in [4.78, 5) is 32.0. The molecule has 0 fully saturated rings. The maximum atomic E-state index is 13.6. The van der Waals surface area contributed by atoms with E-state index in [0.29, 0.717) is 17.4 Å². The van der Waals surface area contributed by atoms with Gasteiger partial charge >= 0.3 is 5.97 Å². The molecule has 7 nitrogen and oxygen atoms in total. The number of carbonyl (C=O) groups excluding carboxylic acids is 1. The number of hydrogen-bond donors (Lipinski definition) is 2. The molecule has 2 N–H and O–H groups in total. The van der Waals surface area contributed by atoms with Crippen molar-refractivity contribution in [3.8, 4) is 0 Å². The van der Waals surface area contributed by atoms with Crippen LogP contribution in [0, 0.1) is 0 Å². The molecule has 0 aliphatic carbocycles. The van der Waals surface area contributed by atoms with Crippen molar-refractivity contribution in [2.75, 3.05) is 0 Å². The van der Waals surface area contributed by atoms with Crippen LogP contribution in [-0.2, 0) is 48.5 Å². The van der Waals surface area contributed by atoms with Crippen molar-refractivity contribution in [2.45, 2.75) is 64.8 Å². The van der Waals surface area contributed by atoms with Crippen molar-refractivity contribution in [2.24, 2.45) is 0 Å². The molecule has 0 bridgehead atoms. The van der Waals surface area contributed by atoms with E-state index >= 15 is 0 Å². The number of halogens is 1. The molecule has 8 heteroatoms. The Labute approximate surface area is 246 Å². The fourth-order valence-electron chi connectivity index (χ4n) is 4.91. The Morgan fingerprint density at radius 1 is 0.902 bits per heavy atom. The van der Waals surface area contributed by atoms with Gasteiger partial charge in [0, 0.05) is 25.9 Å². The molecular formula is C33H36ClN3O4. The van der Waals surface area contributed by atoms with Crippen LogP contribution in [0.1, 0.15) is 53.5 Å². The number of rotatable bonds is 14. The van der Waals surface area contributed by atoms with Gasteiger partial charge < -0.3 is 19.7 Å². The fourth-order valence-corrected chi connectivity index (χ4v) is 5.17. The summed E-state index contributed by atoms with van der Waals surface area (Å²) in [5, 5.41) is 20.4. The lowest BCUT2D eigenvalue weighted by atomic mass is 10.0. The van der Waals surface area contributed by atoms with Gasteiger partial charge in [-0.15, -0.1) is 0 Å². The predicted octanol–water partition coefficient (Wildman–Crippen LogP) is 5.69. The molecule has 214 valence electrons. The first-order valence-corrected chi connectivity index (χ1v) is 14.3. The summed E-state index contributed by atoms with van der Waals surface area (Å²) in [6, 6.07) is 25.5. The number of benzene rings is 3. The van der Waals surface area contributed by atoms with Crippen molar-refractivity contribution >= 4 is 23.5 Å². The summed E-state index contributed by atoms with van der Waals surface area (Å²) in [6.45, 7) is 2.57. The number of nitrogens with zero attached hydrogens (tertiary/aromatic N) is 3. The maximum Gasteiger partial charge on any atom is 0.326 e. The Bertz CT molecular complexity index is 1420. The number of carboxylic acid groups (broad SMARTS) is 1. The number of hydrogen-bond acceptors (Lipinski definition) is 4. The second-order valence-electron chi connectivity index (χ2n) is 10.2. The third kappa shape index (κ3) is 8.06. The molecule has 4 rings (SSSR count). The second-order valence-corrected chi connectivity index (χ2v) is 10.5. The largest absolute Gasteiger partial charge is 0.480 e. The van der Waals surface area contributed by atoms with Crippen LogP contribution in [0.25, 0.3) is 0 Å². The molecule has 0 saturated carbocycles. The molecule has 41 heavy (non-hydrogen) atoms. The molecule has 0 aliphatic rings. The molecular weight excluding hydrogens is 538 g/mol. The van der Waals surface area contributed by atoms with Gasteiger partial charge in [-0.25, -0.2) is 9.78 Å². The molecule has 1 aromatic heterocycles. The number of aliphatic hydroxyl groups excluding tert-OH is 1. The SMILES string of the molecule is CCCCc1nc(Cl)c(CO)n1Cc1ccc(CN(C(=O)Cc2ccccc2)C(Cc2ccccc2)C(=O)O)cc1. The molecule has 1 unspecified atom stereocenters. The molecule has 3 aromatic carbocycles. The minimum Gasteiger partial charge on any atom is -0.480 e. The summed E-state index contributed by atoms with van der Waals surface area (Å²) in [7, 11) is 0. The average Bonchev–Trinajstić information content (AvgIpc) is 3.28. The molecule has 1 amide bonds. The Morgan fingerprint density at radius 2 is 1.51 bits per heavy atom. The highest BCUT2D eigenvalue weighted by atomic mass is 35.5. The Balaban J connectivity index is 1.57. The van der Waals surface area contributed by atoms with Crippen LogP contribution in [0.3, 0.4) is 0 Å².